The first-order chi connectivity index (χ1) is 14.1. The fourth-order valence-electron chi connectivity index (χ4n) is 2.63. The molecule has 29 heavy (non-hydrogen) atoms. The van der Waals surface area contributed by atoms with Crippen molar-refractivity contribution in [2.24, 2.45) is 5.10 Å². The van der Waals surface area contributed by atoms with Gasteiger partial charge < -0.3 is 14.9 Å². The minimum absolute atomic E-state index is 0.432. The van der Waals surface area contributed by atoms with Crippen LogP contribution in [0, 0.1) is 3.57 Å². The third kappa shape index (κ3) is 6.01. The molecule has 0 saturated heterocycles. The third-order valence-electron chi connectivity index (χ3n) is 4.10. The van der Waals surface area contributed by atoms with E-state index in [0.29, 0.717) is 34.7 Å². The molecule has 0 aromatic heterocycles. The smallest absolute Gasteiger partial charge is 0.174 e. The molecule has 4 nitrogen and oxygen atoms in total. The van der Waals surface area contributed by atoms with Gasteiger partial charge in [-0.05, 0) is 58.0 Å². The van der Waals surface area contributed by atoms with Gasteiger partial charge in [-0.15, -0.1) is 0 Å². The number of halogens is 3. The van der Waals surface area contributed by atoms with Gasteiger partial charge in [-0.2, -0.15) is 5.10 Å². The number of methoxy groups -OCH3 is 1. The summed E-state index contributed by atoms with van der Waals surface area (Å²) in [5, 5.41) is 5.48. The fourth-order valence-corrected chi connectivity index (χ4v) is 3.94. The summed E-state index contributed by atoms with van der Waals surface area (Å²) >= 11 is 14.6. The Hall–Kier alpha value is -1.96. The Balaban J connectivity index is 1.67. The van der Waals surface area contributed by atoms with E-state index in [1.807, 2.05) is 48.5 Å². The first-order valence-corrected chi connectivity index (χ1v) is 10.6. The van der Waals surface area contributed by atoms with Crippen LogP contribution in [0.2, 0.25) is 10.0 Å². The van der Waals surface area contributed by atoms with E-state index in [1.165, 1.54) is 0 Å². The molecule has 3 rings (SSSR count). The van der Waals surface area contributed by atoms with Crippen LogP contribution in [0.4, 0.5) is 0 Å². The van der Waals surface area contributed by atoms with Crippen LogP contribution >= 0.6 is 45.8 Å². The van der Waals surface area contributed by atoms with Gasteiger partial charge >= 0.3 is 0 Å². The zero-order valence-electron chi connectivity index (χ0n) is 15.7. The monoisotopic (exact) mass is 540 g/mol. The fraction of sp³-hybridized carbons (Fsp3) is 0.136. The van der Waals surface area contributed by atoms with Gasteiger partial charge in [-0.25, -0.2) is 0 Å². The summed E-state index contributed by atoms with van der Waals surface area (Å²) in [6.45, 7) is 0.905. The van der Waals surface area contributed by atoms with Crippen molar-refractivity contribution in [2.45, 2.75) is 13.2 Å². The van der Waals surface area contributed by atoms with Gasteiger partial charge in [-0.3, -0.25) is 0 Å². The Morgan fingerprint density at radius 1 is 1.03 bits per heavy atom. The van der Waals surface area contributed by atoms with Gasteiger partial charge in [0, 0.05) is 15.6 Å². The highest BCUT2D eigenvalue weighted by Crippen LogP contribution is 2.34. The van der Waals surface area contributed by atoms with Crippen molar-refractivity contribution in [1.29, 1.82) is 0 Å². The maximum atomic E-state index is 6.17. The van der Waals surface area contributed by atoms with E-state index >= 15 is 0 Å². The second kappa shape index (κ2) is 10.7. The predicted molar refractivity (Wildman–Crippen MR) is 127 cm³/mol. The average molecular weight is 541 g/mol. The Bertz CT molecular complexity index is 977. The molecule has 0 heterocycles. The number of nitrogens with one attached hydrogen (secondary N) is 1. The van der Waals surface area contributed by atoms with E-state index < -0.39 is 0 Å². The van der Waals surface area contributed by atoms with Gasteiger partial charge in [-0.1, -0.05) is 59.6 Å². The topological polar surface area (TPSA) is 42.8 Å². The van der Waals surface area contributed by atoms with Crippen LogP contribution in [-0.2, 0) is 13.2 Å². The van der Waals surface area contributed by atoms with Crippen molar-refractivity contribution >= 4 is 52.0 Å². The average Bonchev–Trinajstić information content (AvgIpc) is 2.72. The van der Waals surface area contributed by atoms with E-state index in [2.05, 4.69) is 33.1 Å². The Morgan fingerprint density at radius 3 is 2.45 bits per heavy atom. The molecule has 7 heteroatoms. The number of ether oxygens (including phenoxy) is 2. The molecule has 0 aliphatic heterocycles. The van der Waals surface area contributed by atoms with Gasteiger partial charge in [0.1, 0.15) is 6.61 Å². The van der Waals surface area contributed by atoms with Gasteiger partial charge in [0.05, 0.1) is 23.4 Å². The van der Waals surface area contributed by atoms with Crippen molar-refractivity contribution < 1.29 is 9.47 Å². The van der Waals surface area contributed by atoms with Gasteiger partial charge in [0.15, 0.2) is 11.5 Å². The summed E-state index contributed by atoms with van der Waals surface area (Å²) in [6.07, 6.45) is 1.72. The lowest BCUT2D eigenvalue weighted by atomic mass is 10.2. The van der Waals surface area contributed by atoms with E-state index in [-0.39, 0.29) is 0 Å². The summed E-state index contributed by atoms with van der Waals surface area (Å²) in [5.74, 6) is 1.37. The Labute approximate surface area is 194 Å². The SMILES string of the molecule is COc1cc(/C=N/NCc2c(Cl)cccc2Cl)cc(I)c1OCc1ccccc1. The molecule has 0 amide bonds. The molecule has 0 aliphatic rings. The quantitative estimate of drug-likeness (QED) is 0.207. The molecule has 3 aromatic carbocycles. The van der Waals surface area contributed by atoms with Crippen molar-refractivity contribution in [2.75, 3.05) is 7.11 Å². The number of hydrogen-bond donors (Lipinski definition) is 1. The molecule has 0 bridgehead atoms. The lowest BCUT2D eigenvalue weighted by Gasteiger charge is -2.13. The van der Waals surface area contributed by atoms with Crippen LogP contribution in [-0.4, -0.2) is 13.3 Å². The highest BCUT2D eigenvalue weighted by atomic mass is 127. The maximum Gasteiger partial charge on any atom is 0.174 e. The van der Waals surface area contributed by atoms with Crippen LogP contribution < -0.4 is 14.9 Å². The molecule has 3 aromatic rings. The molecular weight excluding hydrogens is 522 g/mol. The number of rotatable bonds is 8. The van der Waals surface area contributed by atoms with Gasteiger partial charge in [0.25, 0.3) is 0 Å². The normalized spacial score (nSPS) is 10.9. The minimum atomic E-state index is 0.432. The molecule has 0 saturated carbocycles. The largest absolute Gasteiger partial charge is 0.493 e. The van der Waals surface area contributed by atoms with E-state index in [9.17, 15) is 0 Å². The molecule has 0 aliphatic carbocycles. The van der Waals surface area contributed by atoms with Gasteiger partial charge in [0.2, 0.25) is 0 Å². The Morgan fingerprint density at radius 2 is 1.76 bits per heavy atom. The minimum Gasteiger partial charge on any atom is -0.493 e. The predicted octanol–water partition coefficient (Wildman–Crippen LogP) is 6.31. The van der Waals surface area contributed by atoms with Crippen molar-refractivity contribution in [3.63, 3.8) is 0 Å². The number of hydrogen-bond acceptors (Lipinski definition) is 4. The van der Waals surface area contributed by atoms with E-state index in [1.54, 1.807) is 25.5 Å². The Kier molecular flexibility index (Phi) is 8.03. The van der Waals surface area contributed by atoms with Crippen molar-refractivity contribution in [3.8, 4) is 11.5 Å². The zero-order chi connectivity index (χ0) is 20.6. The maximum absolute atomic E-state index is 6.17. The molecular formula is C22H19Cl2IN2O2. The first kappa shape index (κ1) is 21.7. The van der Waals surface area contributed by atoms with E-state index in [0.717, 1.165) is 20.3 Å². The number of hydrazone groups is 1. The second-order valence-electron chi connectivity index (χ2n) is 6.10. The molecule has 1 N–H and O–H groups in total. The molecule has 0 unspecified atom stereocenters. The molecule has 0 fully saturated rings. The molecule has 0 atom stereocenters. The summed E-state index contributed by atoms with van der Waals surface area (Å²) in [5.41, 5.74) is 5.77. The first-order valence-electron chi connectivity index (χ1n) is 8.81. The lowest BCUT2D eigenvalue weighted by molar-refractivity contribution is 0.282. The lowest BCUT2D eigenvalue weighted by Crippen LogP contribution is -2.07. The highest BCUT2D eigenvalue weighted by Gasteiger charge is 2.11. The van der Waals surface area contributed by atoms with Crippen LogP contribution in [0.1, 0.15) is 16.7 Å². The van der Waals surface area contributed by atoms with Crippen LogP contribution in [0.25, 0.3) is 0 Å². The van der Waals surface area contributed by atoms with Crippen LogP contribution in [0.3, 0.4) is 0 Å². The zero-order valence-corrected chi connectivity index (χ0v) is 19.3. The van der Waals surface area contributed by atoms with Crippen molar-refractivity contribution in [1.82, 2.24) is 5.43 Å². The summed E-state index contributed by atoms with van der Waals surface area (Å²) < 4.78 is 12.4. The second-order valence-corrected chi connectivity index (χ2v) is 8.08. The molecule has 150 valence electrons. The molecule has 0 spiro atoms. The number of nitrogens with zero attached hydrogens (tertiary/aromatic N) is 1. The third-order valence-corrected chi connectivity index (χ3v) is 5.61. The summed E-state index contributed by atoms with van der Waals surface area (Å²) in [7, 11) is 1.62. The standard InChI is InChI=1S/C22H19Cl2IN2O2/c1-28-21-11-16(12-26-27-13-17-18(23)8-5-9-19(17)24)10-20(25)22(21)29-14-15-6-3-2-4-7-15/h2-12,27H,13-14H2,1H3/b26-12+. The van der Waals surface area contributed by atoms with E-state index in [4.69, 9.17) is 32.7 Å². The van der Waals surface area contributed by atoms with Crippen molar-refractivity contribution in [3.05, 3.63) is 91.0 Å². The summed E-state index contributed by atoms with van der Waals surface area (Å²) in [4.78, 5) is 0. The highest BCUT2D eigenvalue weighted by molar-refractivity contribution is 14.1. The van der Waals surface area contributed by atoms with Crippen LogP contribution in [0.15, 0.2) is 65.8 Å². The summed E-state index contributed by atoms with van der Waals surface area (Å²) in [6, 6.07) is 19.3. The van der Waals surface area contributed by atoms with Crippen LogP contribution in [0.5, 0.6) is 11.5 Å². The number of benzene rings is 3. The molecule has 0 radical (unpaired) electrons.